The molecule has 7 rings (SSSR count). The number of anilines is 2. The number of amides is 2. The van der Waals surface area contributed by atoms with Gasteiger partial charge in [-0.25, -0.2) is 0 Å². The highest BCUT2D eigenvalue weighted by Gasteiger charge is 2.66. The fraction of sp³-hybridized carbons (Fsp3) is 0.167. The van der Waals surface area contributed by atoms with Crippen molar-refractivity contribution in [2.24, 2.45) is 0 Å². The van der Waals surface area contributed by atoms with Gasteiger partial charge < -0.3 is 9.32 Å². The van der Waals surface area contributed by atoms with E-state index in [1.54, 1.807) is 29.2 Å². The summed E-state index contributed by atoms with van der Waals surface area (Å²) in [5, 5.41) is 10.1. The molecule has 2 aliphatic heterocycles. The third-order valence-electron chi connectivity index (χ3n) is 7.40. The standard InChI is InChI=1S/C30H20Cl2N4O4S2/c1-2-13-35-21-6-4-3-5-20(21)30(27(35)39)23-24(37)19-14-18(32)11-12-22(19)40-25(23)26(38)36(30)28-33-34-29(42-28)41-15-16-7-9-17(31)10-8-16/h3-12,14H,2,13,15H2,1H3. The Balaban J connectivity index is 1.43. The molecule has 5 aromatic rings. The van der Waals surface area contributed by atoms with Gasteiger partial charge in [-0.05, 0) is 48.4 Å². The van der Waals surface area contributed by atoms with Crippen molar-refractivity contribution in [2.75, 3.05) is 16.3 Å². The molecule has 0 saturated carbocycles. The Morgan fingerprint density at radius 3 is 2.52 bits per heavy atom. The maximum absolute atomic E-state index is 14.6. The van der Waals surface area contributed by atoms with E-state index in [-0.39, 0.29) is 27.4 Å². The van der Waals surface area contributed by atoms with E-state index in [9.17, 15) is 14.4 Å². The van der Waals surface area contributed by atoms with Crippen LogP contribution in [0.2, 0.25) is 10.0 Å². The largest absolute Gasteiger partial charge is 0.450 e. The zero-order valence-corrected chi connectivity index (χ0v) is 25.1. The van der Waals surface area contributed by atoms with E-state index in [1.807, 2.05) is 43.3 Å². The third kappa shape index (κ3) is 3.93. The van der Waals surface area contributed by atoms with E-state index >= 15 is 0 Å². The van der Waals surface area contributed by atoms with E-state index in [0.29, 0.717) is 44.4 Å². The van der Waals surface area contributed by atoms with E-state index in [1.165, 1.54) is 34.1 Å². The summed E-state index contributed by atoms with van der Waals surface area (Å²) in [6, 6.07) is 19.3. The highest BCUT2D eigenvalue weighted by atomic mass is 35.5. The first-order valence-electron chi connectivity index (χ1n) is 13.1. The van der Waals surface area contributed by atoms with Crippen molar-refractivity contribution in [1.29, 1.82) is 0 Å². The van der Waals surface area contributed by atoms with Crippen molar-refractivity contribution in [2.45, 2.75) is 29.0 Å². The van der Waals surface area contributed by atoms with Gasteiger partial charge in [-0.15, -0.1) is 10.2 Å². The Morgan fingerprint density at radius 2 is 1.74 bits per heavy atom. The zero-order valence-electron chi connectivity index (χ0n) is 22.0. The van der Waals surface area contributed by atoms with Crippen LogP contribution >= 0.6 is 46.3 Å². The number of carbonyl (C=O) groups is 2. The first-order valence-corrected chi connectivity index (χ1v) is 15.6. The quantitative estimate of drug-likeness (QED) is 0.148. The average molecular weight is 636 g/mol. The highest BCUT2D eigenvalue weighted by Crippen LogP contribution is 2.54. The smallest absolute Gasteiger partial charge is 0.297 e. The average Bonchev–Trinajstić information content (AvgIpc) is 3.63. The molecule has 2 aliphatic rings. The molecule has 0 saturated heterocycles. The van der Waals surface area contributed by atoms with Crippen LogP contribution in [0.25, 0.3) is 11.0 Å². The Kier molecular flexibility index (Phi) is 6.62. The fourth-order valence-electron chi connectivity index (χ4n) is 5.66. The van der Waals surface area contributed by atoms with E-state index in [0.717, 1.165) is 5.56 Å². The summed E-state index contributed by atoms with van der Waals surface area (Å²) >= 11 is 14.9. The predicted octanol–water partition coefficient (Wildman–Crippen LogP) is 6.90. The molecule has 4 heterocycles. The molecule has 2 amide bonds. The summed E-state index contributed by atoms with van der Waals surface area (Å²) in [4.78, 5) is 46.1. The molecular weight excluding hydrogens is 615 g/mol. The number of aromatic nitrogens is 2. The van der Waals surface area contributed by atoms with Gasteiger partial charge in [0.1, 0.15) is 5.58 Å². The van der Waals surface area contributed by atoms with Crippen LogP contribution in [0.3, 0.4) is 0 Å². The number of hydrogen-bond acceptors (Lipinski definition) is 8. The van der Waals surface area contributed by atoms with Crippen molar-refractivity contribution in [3.8, 4) is 0 Å². The number of fused-ring (bicyclic) bond motifs is 5. The molecule has 1 atom stereocenters. The number of nitrogens with zero attached hydrogens (tertiary/aromatic N) is 4. The van der Waals surface area contributed by atoms with Gasteiger partial charge in [-0.2, -0.15) is 0 Å². The summed E-state index contributed by atoms with van der Waals surface area (Å²) in [6.45, 7) is 2.36. The second kappa shape index (κ2) is 10.2. The van der Waals surface area contributed by atoms with Gasteiger partial charge in [0.2, 0.25) is 10.9 Å². The van der Waals surface area contributed by atoms with Gasteiger partial charge in [0.05, 0.1) is 16.6 Å². The zero-order chi connectivity index (χ0) is 29.2. The molecule has 8 nitrogen and oxygen atoms in total. The third-order valence-corrected chi connectivity index (χ3v) is 10.00. The van der Waals surface area contributed by atoms with Crippen LogP contribution in [-0.2, 0) is 16.1 Å². The van der Waals surface area contributed by atoms with Crippen LogP contribution in [0.5, 0.6) is 0 Å². The second-order valence-electron chi connectivity index (χ2n) is 9.87. The topological polar surface area (TPSA) is 96.6 Å². The number of halogens is 2. The Morgan fingerprint density at radius 1 is 0.976 bits per heavy atom. The predicted molar refractivity (Wildman–Crippen MR) is 165 cm³/mol. The van der Waals surface area contributed by atoms with Crippen LogP contribution in [0, 0.1) is 0 Å². The van der Waals surface area contributed by atoms with Gasteiger partial charge in [-0.3, -0.25) is 19.3 Å². The van der Waals surface area contributed by atoms with Crippen molar-refractivity contribution in [1.82, 2.24) is 10.2 Å². The lowest BCUT2D eigenvalue weighted by molar-refractivity contribution is -0.121. The summed E-state index contributed by atoms with van der Waals surface area (Å²) < 4.78 is 6.69. The van der Waals surface area contributed by atoms with Crippen LogP contribution in [0.4, 0.5) is 10.8 Å². The summed E-state index contributed by atoms with van der Waals surface area (Å²) in [5.74, 6) is -0.645. The number of rotatable bonds is 6. The molecule has 0 N–H and O–H groups in total. The van der Waals surface area contributed by atoms with E-state index < -0.39 is 22.8 Å². The Bertz CT molecular complexity index is 1980. The van der Waals surface area contributed by atoms with Crippen molar-refractivity contribution >= 4 is 79.9 Å². The van der Waals surface area contributed by atoms with Crippen molar-refractivity contribution in [3.05, 3.63) is 109 Å². The molecule has 3 aromatic carbocycles. The van der Waals surface area contributed by atoms with E-state index in [2.05, 4.69) is 10.2 Å². The van der Waals surface area contributed by atoms with Gasteiger partial charge in [0, 0.05) is 27.9 Å². The molecule has 0 aliphatic carbocycles. The first kappa shape index (κ1) is 27.2. The van der Waals surface area contributed by atoms with Crippen LogP contribution < -0.4 is 15.2 Å². The van der Waals surface area contributed by atoms with Crippen LogP contribution in [0.15, 0.2) is 80.3 Å². The highest BCUT2D eigenvalue weighted by molar-refractivity contribution is 8.00. The number of thioether (sulfide) groups is 1. The minimum atomic E-state index is -1.81. The van der Waals surface area contributed by atoms with Gasteiger partial charge in [0.15, 0.2) is 15.3 Å². The second-order valence-corrected chi connectivity index (χ2v) is 12.9. The summed E-state index contributed by atoms with van der Waals surface area (Å²) in [6.07, 6.45) is 0.670. The lowest BCUT2D eigenvalue weighted by Crippen LogP contribution is -2.53. The Labute approximate surface area is 257 Å². The SMILES string of the molecule is CCCN1C(=O)C2(c3ccccc31)c1c(oc3ccc(Cl)cc3c1=O)C(=O)N2c1nnc(SCc2ccc(Cl)cc2)s1. The summed E-state index contributed by atoms with van der Waals surface area (Å²) in [7, 11) is 0. The fourth-order valence-corrected chi connectivity index (χ4v) is 7.80. The Hall–Kier alpha value is -3.70. The normalized spacial score (nSPS) is 17.5. The van der Waals surface area contributed by atoms with E-state index in [4.69, 9.17) is 27.6 Å². The summed E-state index contributed by atoms with van der Waals surface area (Å²) in [5.41, 5.74) is 0.0353. The lowest BCUT2D eigenvalue weighted by Gasteiger charge is -2.32. The van der Waals surface area contributed by atoms with Gasteiger partial charge in [0.25, 0.3) is 11.8 Å². The molecule has 210 valence electrons. The molecule has 0 bridgehead atoms. The number of carbonyl (C=O) groups excluding carboxylic acids is 2. The monoisotopic (exact) mass is 634 g/mol. The molecule has 1 spiro atoms. The first-order chi connectivity index (χ1) is 20.3. The maximum atomic E-state index is 14.6. The van der Waals surface area contributed by atoms with Crippen molar-refractivity contribution in [3.63, 3.8) is 0 Å². The molecule has 0 radical (unpaired) electrons. The number of para-hydroxylation sites is 1. The molecular formula is C30H20Cl2N4O4S2. The molecule has 1 unspecified atom stereocenters. The maximum Gasteiger partial charge on any atom is 0.297 e. The minimum Gasteiger partial charge on any atom is -0.450 e. The van der Waals surface area contributed by atoms with Gasteiger partial charge >= 0.3 is 0 Å². The molecule has 12 heteroatoms. The minimum absolute atomic E-state index is 0.0381. The van der Waals surface area contributed by atoms with Gasteiger partial charge in [-0.1, -0.05) is 83.6 Å². The number of hydrogen-bond donors (Lipinski definition) is 0. The molecule has 0 fully saturated rings. The van der Waals surface area contributed by atoms with Crippen LogP contribution in [0.1, 0.15) is 40.6 Å². The molecule has 42 heavy (non-hydrogen) atoms. The van der Waals surface area contributed by atoms with Crippen LogP contribution in [-0.4, -0.2) is 28.6 Å². The lowest BCUT2D eigenvalue weighted by atomic mass is 9.84. The number of benzene rings is 3. The van der Waals surface area contributed by atoms with Crippen molar-refractivity contribution < 1.29 is 14.0 Å². The molecule has 2 aromatic heterocycles.